The van der Waals surface area contributed by atoms with Gasteiger partial charge in [0.25, 0.3) is 11.5 Å². The number of pyridine rings is 1. The lowest BCUT2D eigenvalue weighted by Crippen LogP contribution is -2.76. The molecular formula is C21H21N3O2. The Morgan fingerprint density at radius 3 is 2.58 bits per heavy atom. The number of nitrogens with one attached hydrogen (secondary N) is 2. The van der Waals surface area contributed by atoms with Gasteiger partial charge in [-0.1, -0.05) is 30.3 Å². The number of hydrogen-bond acceptors (Lipinski definition) is 2. The van der Waals surface area contributed by atoms with E-state index in [4.69, 9.17) is 0 Å². The SMILES string of the molecule is Cc1c[nH]c(=O)c2c(C(=O)NC34CC(c5ccccc5)(C3)C4)cn(C)c12. The molecule has 5 heteroatoms. The van der Waals surface area contributed by atoms with Gasteiger partial charge in [-0.15, -0.1) is 0 Å². The molecule has 1 aromatic carbocycles. The van der Waals surface area contributed by atoms with Crippen molar-refractivity contribution in [2.24, 2.45) is 7.05 Å². The zero-order valence-corrected chi connectivity index (χ0v) is 14.9. The standard InChI is InChI=1S/C21H21N3O2/c1-13-8-22-19(26)16-15(9-24(2)17(13)16)18(25)23-21-10-20(11-21,12-21)14-6-4-3-5-7-14/h3-9H,10-12H2,1-2H3,(H,22,26)(H,23,25). The van der Waals surface area contributed by atoms with Gasteiger partial charge in [-0.05, 0) is 37.3 Å². The third-order valence-corrected chi connectivity index (χ3v) is 6.24. The van der Waals surface area contributed by atoms with Crippen LogP contribution in [0.25, 0.3) is 10.9 Å². The van der Waals surface area contributed by atoms with Gasteiger partial charge in [0, 0.05) is 30.4 Å². The number of H-pyrrole nitrogens is 1. The van der Waals surface area contributed by atoms with Crippen molar-refractivity contribution in [2.45, 2.75) is 37.1 Å². The number of aryl methyl sites for hydroxylation is 2. The molecule has 0 saturated heterocycles. The Hall–Kier alpha value is -2.82. The fourth-order valence-corrected chi connectivity index (χ4v) is 5.14. The molecule has 0 aliphatic heterocycles. The van der Waals surface area contributed by atoms with Crippen molar-refractivity contribution >= 4 is 16.8 Å². The van der Waals surface area contributed by atoms with Crippen molar-refractivity contribution < 1.29 is 4.79 Å². The predicted octanol–water partition coefficient (Wildman–Crippen LogP) is 2.78. The number of benzene rings is 1. The van der Waals surface area contributed by atoms with Crippen LogP contribution in [0, 0.1) is 6.92 Å². The summed E-state index contributed by atoms with van der Waals surface area (Å²) in [6.07, 6.45) is 6.40. The molecular weight excluding hydrogens is 326 g/mol. The van der Waals surface area contributed by atoms with Crippen LogP contribution in [0.3, 0.4) is 0 Å². The van der Waals surface area contributed by atoms with Gasteiger partial charge in [0.05, 0.1) is 16.5 Å². The maximum absolute atomic E-state index is 12.9. The first-order valence-electron chi connectivity index (χ1n) is 8.99. The van der Waals surface area contributed by atoms with Crippen molar-refractivity contribution in [2.75, 3.05) is 0 Å². The largest absolute Gasteiger partial charge is 0.349 e. The molecule has 3 fully saturated rings. The maximum Gasteiger partial charge on any atom is 0.258 e. The van der Waals surface area contributed by atoms with Gasteiger partial charge in [-0.3, -0.25) is 9.59 Å². The molecule has 2 aromatic heterocycles. The number of aromatic amines is 1. The molecule has 0 spiro atoms. The first kappa shape index (κ1) is 15.4. The molecule has 2 N–H and O–H groups in total. The van der Waals surface area contributed by atoms with Crippen molar-refractivity contribution in [3.05, 3.63) is 69.8 Å². The van der Waals surface area contributed by atoms with Crippen LogP contribution < -0.4 is 10.9 Å². The van der Waals surface area contributed by atoms with Gasteiger partial charge in [-0.2, -0.15) is 0 Å². The lowest BCUT2D eigenvalue weighted by Gasteiger charge is -2.71. The second kappa shape index (κ2) is 4.87. The second-order valence-corrected chi connectivity index (χ2v) is 8.09. The molecule has 0 unspecified atom stereocenters. The summed E-state index contributed by atoms with van der Waals surface area (Å²) < 4.78 is 1.86. The number of rotatable bonds is 3. The first-order chi connectivity index (χ1) is 12.4. The number of aromatic nitrogens is 2. The molecule has 6 rings (SSSR count). The van der Waals surface area contributed by atoms with Gasteiger partial charge < -0.3 is 14.9 Å². The zero-order chi connectivity index (χ0) is 18.1. The highest BCUT2D eigenvalue weighted by molar-refractivity contribution is 6.07. The predicted molar refractivity (Wildman–Crippen MR) is 100 cm³/mol. The van der Waals surface area contributed by atoms with E-state index in [0.29, 0.717) is 10.9 Å². The van der Waals surface area contributed by atoms with E-state index in [2.05, 4.69) is 34.6 Å². The van der Waals surface area contributed by atoms with Crippen LogP contribution in [0.4, 0.5) is 0 Å². The Morgan fingerprint density at radius 2 is 1.88 bits per heavy atom. The second-order valence-electron chi connectivity index (χ2n) is 8.09. The van der Waals surface area contributed by atoms with Crippen LogP contribution in [0.5, 0.6) is 0 Å². The van der Waals surface area contributed by atoms with E-state index >= 15 is 0 Å². The highest BCUT2D eigenvalue weighted by atomic mass is 16.2. The molecule has 2 bridgehead atoms. The lowest BCUT2D eigenvalue weighted by atomic mass is 9.37. The van der Waals surface area contributed by atoms with Crippen LogP contribution in [-0.2, 0) is 12.5 Å². The fourth-order valence-electron chi connectivity index (χ4n) is 5.14. The molecule has 3 aliphatic rings. The normalized spacial score (nSPS) is 26.2. The van der Waals surface area contributed by atoms with Gasteiger partial charge in [0.2, 0.25) is 0 Å². The van der Waals surface area contributed by atoms with Crippen LogP contribution in [-0.4, -0.2) is 21.0 Å². The van der Waals surface area contributed by atoms with Gasteiger partial charge in [0.15, 0.2) is 0 Å². The summed E-state index contributed by atoms with van der Waals surface area (Å²) in [6, 6.07) is 10.5. The summed E-state index contributed by atoms with van der Waals surface area (Å²) in [5.74, 6) is -0.145. The minimum Gasteiger partial charge on any atom is -0.349 e. The fraction of sp³-hybridized carbons (Fsp3) is 0.333. The lowest BCUT2D eigenvalue weighted by molar-refractivity contribution is -0.0807. The molecule has 26 heavy (non-hydrogen) atoms. The van der Waals surface area contributed by atoms with E-state index in [0.717, 1.165) is 30.3 Å². The first-order valence-corrected chi connectivity index (χ1v) is 8.99. The average molecular weight is 347 g/mol. The van der Waals surface area contributed by atoms with Crippen molar-refractivity contribution in [3.63, 3.8) is 0 Å². The van der Waals surface area contributed by atoms with Gasteiger partial charge >= 0.3 is 0 Å². The highest BCUT2D eigenvalue weighted by Gasteiger charge is 2.68. The Morgan fingerprint density at radius 1 is 1.19 bits per heavy atom. The van der Waals surface area contributed by atoms with Crippen molar-refractivity contribution in [3.8, 4) is 0 Å². The van der Waals surface area contributed by atoms with Crippen LogP contribution in [0.2, 0.25) is 0 Å². The molecule has 0 radical (unpaired) electrons. The van der Waals surface area contributed by atoms with E-state index in [1.54, 1.807) is 12.4 Å². The molecule has 3 saturated carbocycles. The van der Waals surface area contributed by atoms with Gasteiger partial charge in [0.1, 0.15) is 0 Å². The number of fused-ring (bicyclic) bond motifs is 1. The molecule has 1 amide bonds. The highest BCUT2D eigenvalue weighted by Crippen LogP contribution is 2.67. The minimum atomic E-state index is -0.213. The van der Waals surface area contributed by atoms with Crippen LogP contribution in [0.1, 0.15) is 40.7 Å². The summed E-state index contributed by atoms with van der Waals surface area (Å²) in [6.45, 7) is 1.94. The van der Waals surface area contributed by atoms with Crippen molar-refractivity contribution in [1.82, 2.24) is 14.9 Å². The summed E-state index contributed by atoms with van der Waals surface area (Å²) in [7, 11) is 1.87. The Kier molecular flexibility index (Phi) is 2.89. The maximum atomic E-state index is 12.9. The van der Waals surface area contributed by atoms with E-state index in [9.17, 15) is 9.59 Å². The third kappa shape index (κ3) is 1.91. The number of amides is 1. The van der Waals surface area contributed by atoms with E-state index in [1.807, 2.05) is 24.6 Å². The van der Waals surface area contributed by atoms with E-state index in [1.165, 1.54) is 5.56 Å². The van der Waals surface area contributed by atoms with E-state index in [-0.39, 0.29) is 22.4 Å². The van der Waals surface area contributed by atoms with Crippen LogP contribution >= 0.6 is 0 Å². The number of nitrogens with zero attached hydrogens (tertiary/aromatic N) is 1. The summed E-state index contributed by atoms with van der Waals surface area (Å²) in [5.41, 5.74) is 3.52. The third-order valence-electron chi connectivity index (χ3n) is 6.24. The van der Waals surface area contributed by atoms with Crippen molar-refractivity contribution in [1.29, 1.82) is 0 Å². The summed E-state index contributed by atoms with van der Waals surface area (Å²) in [5, 5.41) is 3.70. The summed E-state index contributed by atoms with van der Waals surface area (Å²) in [4.78, 5) is 28.0. The number of carbonyl (C=O) groups is 1. The Balaban J connectivity index is 1.41. The molecule has 2 heterocycles. The molecule has 0 atom stereocenters. The topological polar surface area (TPSA) is 66.9 Å². The van der Waals surface area contributed by atoms with Gasteiger partial charge in [-0.25, -0.2) is 0 Å². The zero-order valence-electron chi connectivity index (χ0n) is 14.9. The quantitative estimate of drug-likeness (QED) is 0.765. The Bertz CT molecular complexity index is 1090. The number of carbonyl (C=O) groups excluding carboxylic acids is 1. The molecule has 3 aromatic rings. The Labute approximate surface area is 151 Å². The summed E-state index contributed by atoms with van der Waals surface area (Å²) >= 11 is 0. The van der Waals surface area contributed by atoms with E-state index < -0.39 is 0 Å². The molecule has 5 nitrogen and oxygen atoms in total. The number of hydrogen-bond donors (Lipinski definition) is 2. The van der Waals surface area contributed by atoms with Crippen LogP contribution in [0.15, 0.2) is 47.5 Å². The minimum absolute atomic E-state index is 0.105. The molecule has 132 valence electrons. The smallest absolute Gasteiger partial charge is 0.258 e. The molecule has 3 aliphatic carbocycles. The monoisotopic (exact) mass is 347 g/mol. The average Bonchev–Trinajstić information content (AvgIpc) is 2.92.